The van der Waals surface area contributed by atoms with Crippen LogP contribution in [0.15, 0.2) is 62.5 Å². The number of benzene rings is 2. The molecule has 0 aromatic heterocycles. The molecule has 0 saturated carbocycles. The molecule has 0 atom stereocenters. The van der Waals surface area contributed by atoms with E-state index in [-0.39, 0.29) is 11.8 Å². The van der Waals surface area contributed by atoms with Crippen LogP contribution in [0.4, 0.5) is 0 Å². The third kappa shape index (κ3) is 3.79. The van der Waals surface area contributed by atoms with Crippen LogP contribution in [0.2, 0.25) is 0 Å². The number of carbonyl (C=O) groups is 2. The first-order valence-corrected chi connectivity index (χ1v) is 9.70. The van der Waals surface area contributed by atoms with E-state index in [1.165, 1.54) is 16.7 Å². The fraction of sp³-hybridized carbons (Fsp3) is 0.118. The second-order valence-corrected chi connectivity index (χ2v) is 7.87. The lowest BCUT2D eigenvalue weighted by Gasteiger charge is -2.20. The molecule has 1 aliphatic rings. The Labute approximate surface area is 160 Å². The summed E-state index contributed by atoms with van der Waals surface area (Å²) in [6, 6.07) is 13.9. The summed E-state index contributed by atoms with van der Waals surface area (Å²) in [6.07, 6.45) is 0. The van der Waals surface area contributed by atoms with Gasteiger partial charge in [0.15, 0.2) is 5.17 Å². The van der Waals surface area contributed by atoms with Crippen LogP contribution < -0.4 is 0 Å². The molecule has 0 aliphatic carbocycles. The van der Waals surface area contributed by atoms with Crippen molar-refractivity contribution in [3.8, 4) is 0 Å². The van der Waals surface area contributed by atoms with E-state index in [2.05, 4.69) is 36.9 Å². The summed E-state index contributed by atoms with van der Waals surface area (Å²) < 4.78 is 1.75. The van der Waals surface area contributed by atoms with Gasteiger partial charge in [-0.05, 0) is 48.5 Å². The van der Waals surface area contributed by atoms with E-state index in [0.717, 1.165) is 14.7 Å². The summed E-state index contributed by atoms with van der Waals surface area (Å²) >= 11 is 8.11. The Bertz CT molecular complexity index is 747. The SMILES string of the molecule is O=C(c1ccc(Br)cc1)N(C(=O)c1ccc(Br)cc1)C1=NCCS1. The molecule has 3 rings (SSSR count). The van der Waals surface area contributed by atoms with Crippen molar-refractivity contribution in [1.29, 1.82) is 0 Å². The lowest BCUT2D eigenvalue weighted by atomic mass is 10.1. The zero-order valence-corrected chi connectivity index (χ0v) is 16.4. The number of rotatable bonds is 2. The highest BCUT2D eigenvalue weighted by atomic mass is 79.9. The van der Waals surface area contributed by atoms with Gasteiger partial charge in [-0.1, -0.05) is 43.6 Å². The van der Waals surface area contributed by atoms with Gasteiger partial charge in [-0.3, -0.25) is 14.6 Å². The van der Waals surface area contributed by atoms with Crippen molar-refractivity contribution in [2.45, 2.75) is 0 Å². The molecule has 0 bridgehead atoms. The maximum Gasteiger partial charge on any atom is 0.266 e. The number of nitrogens with zero attached hydrogens (tertiary/aromatic N) is 2. The van der Waals surface area contributed by atoms with E-state index in [9.17, 15) is 9.59 Å². The van der Waals surface area contributed by atoms with Gasteiger partial charge in [0.2, 0.25) is 0 Å². The minimum Gasteiger partial charge on any atom is -0.268 e. The molecule has 0 fully saturated rings. The van der Waals surface area contributed by atoms with Gasteiger partial charge in [0.05, 0.1) is 6.54 Å². The van der Waals surface area contributed by atoms with Gasteiger partial charge in [0.25, 0.3) is 11.8 Å². The lowest BCUT2D eigenvalue weighted by Crippen LogP contribution is -2.40. The highest BCUT2D eigenvalue weighted by Crippen LogP contribution is 2.22. The molecular formula is C17H12Br2N2O2S. The van der Waals surface area contributed by atoms with Crippen molar-refractivity contribution in [3.05, 3.63) is 68.6 Å². The fourth-order valence-corrected chi connectivity index (χ4v) is 3.54. The van der Waals surface area contributed by atoms with Gasteiger partial charge in [0, 0.05) is 25.8 Å². The zero-order chi connectivity index (χ0) is 17.1. The quantitative estimate of drug-likeness (QED) is 0.606. The van der Waals surface area contributed by atoms with Crippen LogP contribution in [-0.2, 0) is 0 Å². The first kappa shape index (κ1) is 17.4. The number of aliphatic imine (C=N–C) groups is 1. The average molecular weight is 468 g/mol. The number of amides is 2. The molecule has 0 unspecified atom stereocenters. The standard InChI is InChI=1S/C17H12Br2N2O2S/c18-13-5-1-11(2-6-13)15(22)21(17-20-9-10-24-17)16(23)12-3-7-14(19)8-4-12/h1-8H,9-10H2. The molecule has 7 heteroatoms. The molecule has 0 radical (unpaired) electrons. The normalized spacial score (nSPS) is 13.5. The Hall–Kier alpha value is -1.44. The van der Waals surface area contributed by atoms with E-state index in [4.69, 9.17) is 0 Å². The molecule has 24 heavy (non-hydrogen) atoms. The molecule has 0 saturated heterocycles. The highest BCUT2D eigenvalue weighted by Gasteiger charge is 2.30. The first-order chi connectivity index (χ1) is 11.6. The lowest BCUT2D eigenvalue weighted by molar-refractivity contribution is 0.0717. The summed E-state index contributed by atoms with van der Waals surface area (Å²) in [5, 5.41) is 0.454. The predicted octanol–water partition coefficient (Wildman–Crippen LogP) is 4.60. The van der Waals surface area contributed by atoms with Crippen LogP contribution in [0.5, 0.6) is 0 Å². The van der Waals surface area contributed by atoms with Crippen LogP contribution in [0.25, 0.3) is 0 Å². The molecule has 0 N–H and O–H groups in total. The van der Waals surface area contributed by atoms with Crippen molar-refractivity contribution in [2.75, 3.05) is 12.3 Å². The van der Waals surface area contributed by atoms with Crippen molar-refractivity contribution in [3.63, 3.8) is 0 Å². The minimum absolute atomic E-state index is 0.372. The van der Waals surface area contributed by atoms with Gasteiger partial charge < -0.3 is 0 Å². The number of carbonyl (C=O) groups excluding carboxylic acids is 2. The number of thioether (sulfide) groups is 1. The first-order valence-electron chi connectivity index (χ1n) is 7.13. The zero-order valence-electron chi connectivity index (χ0n) is 12.4. The second kappa shape index (κ2) is 7.63. The maximum atomic E-state index is 12.9. The highest BCUT2D eigenvalue weighted by molar-refractivity contribution is 9.10. The Morgan fingerprint density at radius 2 is 1.33 bits per heavy atom. The van der Waals surface area contributed by atoms with E-state index < -0.39 is 0 Å². The molecule has 122 valence electrons. The van der Waals surface area contributed by atoms with Gasteiger partial charge in [-0.15, -0.1) is 0 Å². The van der Waals surface area contributed by atoms with E-state index in [1.54, 1.807) is 48.5 Å². The van der Waals surface area contributed by atoms with Crippen LogP contribution in [0.3, 0.4) is 0 Å². The van der Waals surface area contributed by atoms with Crippen LogP contribution in [0, 0.1) is 0 Å². The van der Waals surface area contributed by atoms with Crippen molar-refractivity contribution >= 4 is 60.6 Å². The van der Waals surface area contributed by atoms with Gasteiger partial charge in [-0.25, -0.2) is 4.90 Å². The number of hydrogen-bond donors (Lipinski definition) is 0. The molecule has 2 aromatic carbocycles. The number of imide groups is 1. The molecule has 1 heterocycles. The maximum absolute atomic E-state index is 12.9. The van der Waals surface area contributed by atoms with Crippen LogP contribution in [-0.4, -0.2) is 34.2 Å². The molecule has 1 aliphatic heterocycles. The Kier molecular flexibility index (Phi) is 5.53. The topological polar surface area (TPSA) is 49.7 Å². The number of hydrogen-bond acceptors (Lipinski definition) is 4. The van der Waals surface area contributed by atoms with Gasteiger partial charge in [-0.2, -0.15) is 0 Å². The third-order valence-corrected chi connectivity index (χ3v) is 5.36. The average Bonchev–Trinajstić information content (AvgIpc) is 3.10. The van der Waals surface area contributed by atoms with Crippen molar-refractivity contribution in [1.82, 2.24) is 4.90 Å². The van der Waals surface area contributed by atoms with Crippen LogP contribution in [0.1, 0.15) is 20.7 Å². The molecule has 0 spiro atoms. The Morgan fingerprint density at radius 3 is 1.71 bits per heavy atom. The van der Waals surface area contributed by atoms with E-state index in [0.29, 0.717) is 22.8 Å². The monoisotopic (exact) mass is 466 g/mol. The molecule has 2 aromatic rings. The van der Waals surface area contributed by atoms with E-state index >= 15 is 0 Å². The van der Waals surface area contributed by atoms with E-state index in [1.807, 2.05) is 0 Å². The summed E-state index contributed by atoms with van der Waals surface area (Å²) in [5.74, 6) is 0.0275. The van der Waals surface area contributed by atoms with Crippen molar-refractivity contribution in [2.24, 2.45) is 4.99 Å². The van der Waals surface area contributed by atoms with Crippen LogP contribution >= 0.6 is 43.6 Å². The molecule has 4 nitrogen and oxygen atoms in total. The minimum atomic E-state index is -0.372. The second-order valence-electron chi connectivity index (χ2n) is 4.97. The molecular weight excluding hydrogens is 456 g/mol. The number of amidine groups is 1. The Morgan fingerprint density at radius 1 is 0.875 bits per heavy atom. The van der Waals surface area contributed by atoms with Gasteiger partial charge in [0.1, 0.15) is 0 Å². The fourth-order valence-electron chi connectivity index (χ4n) is 2.17. The van der Waals surface area contributed by atoms with Gasteiger partial charge >= 0.3 is 0 Å². The third-order valence-electron chi connectivity index (χ3n) is 3.35. The molecule has 2 amide bonds. The number of halogens is 2. The summed E-state index contributed by atoms with van der Waals surface area (Å²) in [6.45, 7) is 0.609. The predicted molar refractivity (Wildman–Crippen MR) is 104 cm³/mol. The Balaban J connectivity index is 1.97. The smallest absolute Gasteiger partial charge is 0.266 e. The summed E-state index contributed by atoms with van der Waals surface area (Å²) in [4.78, 5) is 31.3. The summed E-state index contributed by atoms with van der Waals surface area (Å²) in [7, 11) is 0. The largest absolute Gasteiger partial charge is 0.268 e. The summed E-state index contributed by atoms with van der Waals surface area (Å²) in [5.41, 5.74) is 0.887. The van der Waals surface area contributed by atoms with Crippen molar-refractivity contribution < 1.29 is 9.59 Å².